The molecule has 1 aromatic carbocycles. The van der Waals surface area contributed by atoms with E-state index >= 15 is 0 Å². The van der Waals surface area contributed by atoms with Crippen molar-refractivity contribution in [2.24, 2.45) is 0 Å². The van der Waals surface area contributed by atoms with Gasteiger partial charge >= 0.3 is 21.6 Å². The molecule has 0 saturated carbocycles. The highest BCUT2D eigenvalue weighted by atomic mass is 32.2. The molecular weight excluding hydrogens is 441 g/mol. The van der Waals surface area contributed by atoms with Crippen molar-refractivity contribution in [3.63, 3.8) is 0 Å². The lowest BCUT2D eigenvalue weighted by atomic mass is 10.2. The molecule has 0 fully saturated rings. The number of alkyl carbamates (subject to hydrolysis) is 1. The highest BCUT2D eigenvalue weighted by Crippen LogP contribution is 2.24. The highest BCUT2D eigenvalue weighted by Gasteiger charge is 2.46. The van der Waals surface area contributed by atoms with E-state index in [1.165, 1.54) is 4.72 Å². The van der Waals surface area contributed by atoms with Crippen LogP contribution < -0.4 is 14.8 Å². The Balaban J connectivity index is 2.73. The van der Waals surface area contributed by atoms with Crippen molar-refractivity contribution in [3.05, 3.63) is 29.3 Å². The maximum atomic E-state index is 13.7. The Bertz CT molecular complexity index is 817. The zero-order valence-corrected chi connectivity index (χ0v) is 15.3. The molecule has 0 heterocycles. The minimum atomic E-state index is -5.65. The van der Waals surface area contributed by atoms with Gasteiger partial charge in [0.05, 0.1) is 6.04 Å². The molecule has 0 radical (unpaired) electrons. The van der Waals surface area contributed by atoms with E-state index in [2.05, 4.69) is 4.74 Å². The van der Waals surface area contributed by atoms with Crippen LogP contribution in [0.4, 0.5) is 35.5 Å². The van der Waals surface area contributed by atoms with Crippen molar-refractivity contribution >= 4 is 16.1 Å². The Morgan fingerprint density at radius 2 is 1.76 bits per heavy atom. The van der Waals surface area contributed by atoms with Crippen molar-refractivity contribution < 1.29 is 53.4 Å². The summed E-state index contributed by atoms with van der Waals surface area (Å²) in [5.41, 5.74) is -5.92. The first-order chi connectivity index (χ1) is 13.2. The van der Waals surface area contributed by atoms with Gasteiger partial charge in [-0.3, -0.25) is 0 Å². The van der Waals surface area contributed by atoms with E-state index in [1.807, 2.05) is 5.32 Å². The molecule has 29 heavy (non-hydrogen) atoms. The number of alkyl halides is 5. The van der Waals surface area contributed by atoms with Crippen molar-refractivity contribution in [1.82, 2.24) is 10.0 Å². The monoisotopic (exact) mass is 456 g/mol. The summed E-state index contributed by atoms with van der Waals surface area (Å²) < 4.78 is 120. The number of ether oxygens (including phenoxy) is 2. The number of benzene rings is 1. The van der Waals surface area contributed by atoms with E-state index in [9.17, 15) is 43.9 Å². The average Bonchev–Trinajstić information content (AvgIpc) is 2.56. The second-order valence-electron chi connectivity index (χ2n) is 5.50. The Morgan fingerprint density at radius 1 is 1.14 bits per heavy atom. The number of hydrogen-bond acceptors (Lipinski definition) is 5. The molecule has 1 amide bonds. The molecular formula is C14H15F7N2O5S. The molecule has 2 N–H and O–H groups in total. The van der Waals surface area contributed by atoms with Gasteiger partial charge in [-0.15, -0.1) is 0 Å². The zero-order chi connectivity index (χ0) is 22.4. The van der Waals surface area contributed by atoms with E-state index in [0.717, 1.165) is 13.0 Å². The van der Waals surface area contributed by atoms with Crippen LogP contribution in [-0.4, -0.2) is 45.7 Å². The zero-order valence-electron chi connectivity index (χ0n) is 14.5. The maximum Gasteiger partial charge on any atom is 0.511 e. The van der Waals surface area contributed by atoms with Crippen LogP contribution in [0.3, 0.4) is 0 Å². The van der Waals surface area contributed by atoms with E-state index in [1.54, 1.807) is 0 Å². The topological polar surface area (TPSA) is 93.7 Å². The summed E-state index contributed by atoms with van der Waals surface area (Å²) in [6, 6.07) is -0.332. The third-order valence-electron chi connectivity index (χ3n) is 3.01. The van der Waals surface area contributed by atoms with Gasteiger partial charge in [0.1, 0.15) is 12.4 Å². The number of rotatable bonds is 9. The Hall–Kier alpha value is -2.29. The first-order valence-corrected chi connectivity index (χ1v) is 9.09. The van der Waals surface area contributed by atoms with Crippen LogP contribution >= 0.6 is 0 Å². The molecule has 0 aliphatic heterocycles. The van der Waals surface area contributed by atoms with Crippen LogP contribution in [0.5, 0.6) is 5.75 Å². The summed E-state index contributed by atoms with van der Waals surface area (Å²) >= 11 is 0. The van der Waals surface area contributed by atoms with E-state index in [4.69, 9.17) is 4.74 Å². The van der Waals surface area contributed by atoms with Gasteiger partial charge in [0.2, 0.25) is 0 Å². The minimum absolute atomic E-state index is 0.349. The summed E-state index contributed by atoms with van der Waals surface area (Å²) in [7, 11) is -5.65. The Kier molecular flexibility index (Phi) is 8.50. The first-order valence-electron chi connectivity index (χ1n) is 7.61. The first kappa shape index (κ1) is 24.7. The number of amides is 1. The smallest absolute Gasteiger partial charge is 0.489 e. The standard InChI is InChI=1S/C14H15F7N2O5S/c1-7(23-29(25,26)14(19,20)21)5-27-11-2-8(9(15)3-10(11)16)4-22-13(24)28-6-12(17)18/h2-3,7,12,23H,4-6H2,1H3,(H,22,24)/t7-/m0/s1. The lowest BCUT2D eigenvalue weighted by Crippen LogP contribution is -2.43. The Morgan fingerprint density at radius 3 is 2.31 bits per heavy atom. The van der Waals surface area contributed by atoms with Gasteiger partial charge in [0.15, 0.2) is 18.2 Å². The van der Waals surface area contributed by atoms with Crippen molar-refractivity contribution in [2.45, 2.75) is 31.4 Å². The SMILES string of the molecule is C[C@@H](COc1cc(CNC(=O)OCC(F)F)c(F)cc1F)NS(=O)(=O)C(F)(F)F. The number of carbonyl (C=O) groups is 1. The lowest BCUT2D eigenvalue weighted by Gasteiger charge is -2.17. The highest BCUT2D eigenvalue weighted by molar-refractivity contribution is 7.90. The summed E-state index contributed by atoms with van der Waals surface area (Å²) in [5.74, 6) is -3.05. The lowest BCUT2D eigenvalue weighted by molar-refractivity contribution is -0.0451. The quantitative estimate of drug-likeness (QED) is 0.558. The molecule has 1 rings (SSSR count). The predicted molar refractivity (Wildman–Crippen MR) is 83.6 cm³/mol. The Labute approximate surface area is 160 Å². The van der Waals surface area contributed by atoms with Crippen molar-refractivity contribution in [2.75, 3.05) is 13.2 Å². The molecule has 0 unspecified atom stereocenters. The number of halogens is 7. The summed E-state index contributed by atoms with van der Waals surface area (Å²) in [6.07, 6.45) is -4.22. The van der Waals surface area contributed by atoms with Gasteiger partial charge in [0.25, 0.3) is 6.43 Å². The van der Waals surface area contributed by atoms with E-state index in [-0.39, 0.29) is 5.56 Å². The second kappa shape index (κ2) is 9.96. The van der Waals surface area contributed by atoms with Crippen LogP contribution in [0.2, 0.25) is 0 Å². The number of carbonyl (C=O) groups excluding carboxylic acids is 1. The van der Waals surface area contributed by atoms with Gasteiger partial charge < -0.3 is 14.8 Å². The van der Waals surface area contributed by atoms with Crippen molar-refractivity contribution in [1.29, 1.82) is 0 Å². The fourth-order valence-corrected chi connectivity index (χ4v) is 2.49. The molecule has 1 atom stereocenters. The predicted octanol–water partition coefficient (Wildman–Crippen LogP) is 2.66. The fourth-order valence-electron chi connectivity index (χ4n) is 1.75. The molecule has 7 nitrogen and oxygen atoms in total. The largest absolute Gasteiger partial charge is 0.511 e. The molecule has 0 aliphatic rings. The number of hydrogen-bond donors (Lipinski definition) is 2. The second-order valence-corrected chi connectivity index (χ2v) is 7.20. The molecule has 0 aromatic heterocycles. The third kappa shape index (κ3) is 7.92. The van der Waals surface area contributed by atoms with Gasteiger partial charge in [-0.05, 0) is 13.0 Å². The van der Waals surface area contributed by atoms with Crippen molar-refractivity contribution in [3.8, 4) is 5.75 Å². The molecule has 0 bridgehead atoms. The molecule has 166 valence electrons. The van der Waals surface area contributed by atoms with Crippen LogP contribution in [0, 0.1) is 11.6 Å². The van der Waals surface area contributed by atoms with E-state index in [0.29, 0.717) is 6.07 Å². The normalized spacial score (nSPS) is 13.3. The molecule has 0 saturated heterocycles. The van der Waals surface area contributed by atoms with Gasteiger partial charge in [-0.25, -0.2) is 35.5 Å². The summed E-state index contributed by atoms with van der Waals surface area (Å²) in [5, 5.41) is 1.93. The van der Waals surface area contributed by atoms with Crippen LogP contribution in [0.1, 0.15) is 12.5 Å². The minimum Gasteiger partial charge on any atom is -0.489 e. The van der Waals surface area contributed by atoms with Gasteiger partial charge in [-0.1, -0.05) is 0 Å². The van der Waals surface area contributed by atoms with Crippen LogP contribution in [0.25, 0.3) is 0 Å². The van der Waals surface area contributed by atoms with Gasteiger partial charge in [0, 0.05) is 18.2 Å². The molecule has 1 aromatic rings. The fraction of sp³-hybridized carbons (Fsp3) is 0.500. The van der Waals surface area contributed by atoms with Gasteiger partial charge in [-0.2, -0.15) is 13.2 Å². The third-order valence-corrected chi connectivity index (χ3v) is 4.34. The summed E-state index contributed by atoms with van der Waals surface area (Å²) in [4.78, 5) is 11.2. The van der Waals surface area contributed by atoms with Crippen LogP contribution in [0.15, 0.2) is 12.1 Å². The maximum absolute atomic E-state index is 13.7. The molecule has 15 heteroatoms. The molecule has 0 spiro atoms. The average molecular weight is 456 g/mol. The number of sulfonamides is 1. The summed E-state index contributed by atoms with van der Waals surface area (Å²) in [6.45, 7) is -1.55. The number of nitrogens with one attached hydrogen (secondary N) is 2. The molecule has 0 aliphatic carbocycles. The van der Waals surface area contributed by atoms with E-state index < -0.39 is 71.2 Å². The van der Waals surface area contributed by atoms with Crippen LogP contribution in [-0.2, 0) is 21.3 Å².